The van der Waals surface area contributed by atoms with E-state index in [-0.39, 0.29) is 12.3 Å². The van der Waals surface area contributed by atoms with Crippen molar-refractivity contribution in [3.63, 3.8) is 0 Å². The highest BCUT2D eigenvalue weighted by atomic mass is 32.2. The molecule has 1 aliphatic heterocycles. The summed E-state index contributed by atoms with van der Waals surface area (Å²) in [5, 5.41) is 0. The summed E-state index contributed by atoms with van der Waals surface area (Å²) in [5.74, 6) is -0.0933. The number of hydrogen-bond donors (Lipinski definition) is 1. The van der Waals surface area contributed by atoms with E-state index in [1.54, 1.807) is 6.07 Å². The number of aryl methyl sites for hydroxylation is 1. The van der Waals surface area contributed by atoms with Gasteiger partial charge in [-0.15, -0.1) is 0 Å². The van der Waals surface area contributed by atoms with Crippen LogP contribution in [0.5, 0.6) is 0 Å². The Bertz CT molecular complexity index is 798. The predicted molar refractivity (Wildman–Crippen MR) is 97.2 cm³/mol. The molecule has 0 unspecified atom stereocenters. The number of nitrogens with one attached hydrogen (secondary N) is 1. The number of nitrogens with zero attached hydrogens (tertiary/aromatic N) is 1. The van der Waals surface area contributed by atoms with E-state index in [1.807, 2.05) is 25.1 Å². The molecule has 0 bridgehead atoms. The van der Waals surface area contributed by atoms with Gasteiger partial charge >= 0.3 is 0 Å². The first-order chi connectivity index (χ1) is 11.6. The van der Waals surface area contributed by atoms with Gasteiger partial charge in [0.1, 0.15) is 0 Å². The summed E-state index contributed by atoms with van der Waals surface area (Å²) in [5.41, 5.74) is 1.06. The minimum Gasteiger partial charge on any atom is -0.377 e. The molecule has 0 saturated carbocycles. The van der Waals surface area contributed by atoms with Crippen molar-refractivity contribution < 1.29 is 21.6 Å². The lowest BCUT2D eigenvalue weighted by atomic mass is 9.92. The van der Waals surface area contributed by atoms with Crippen LogP contribution in [0.15, 0.2) is 24.3 Å². The van der Waals surface area contributed by atoms with Crippen molar-refractivity contribution in [2.75, 3.05) is 33.0 Å². The van der Waals surface area contributed by atoms with E-state index in [1.165, 1.54) is 17.7 Å². The first-order valence-corrected chi connectivity index (χ1v) is 11.6. The van der Waals surface area contributed by atoms with Gasteiger partial charge in [0, 0.05) is 26.7 Å². The van der Waals surface area contributed by atoms with Crippen LogP contribution >= 0.6 is 0 Å². The normalized spacial score (nSPS) is 19.0. The Morgan fingerprint density at radius 1 is 1.20 bits per heavy atom. The molecule has 0 spiro atoms. The summed E-state index contributed by atoms with van der Waals surface area (Å²) in [6.45, 7) is 2.70. The molecule has 1 N–H and O–H groups in total. The third-order valence-electron chi connectivity index (χ3n) is 4.59. The van der Waals surface area contributed by atoms with Crippen LogP contribution in [-0.2, 0) is 30.5 Å². The molecule has 0 amide bonds. The van der Waals surface area contributed by atoms with Crippen molar-refractivity contribution >= 4 is 20.0 Å². The molecule has 0 aliphatic carbocycles. The second-order valence-electron chi connectivity index (χ2n) is 6.62. The fourth-order valence-corrected chi connectivity index (χ4v) is 5.04. The number of benzene rings is 1. The molecule has 0 atom stereocenters. The van der Waals surface area contributed by atoms with Gasteiger partial charge < -0.3 is 4.74 Å². The summed E-state index contributed by atoms with van der Waals surface area (Å²) in [6, 6.07) is 7.37. The zero-order chi connectivity index (χ0) is 18.7. The summed E-state index contributed by atoms with van der Waals surface area (Å²) >= 11 is 0. The third-order valence-corrected chi connectivity index (χ3v) is 7.19. The third kappa shape index (κ3) is 5.75. The molecule has 0 aromatic heterocycles. The molecule has 1 saturated heterocycles. The summed E-state index contributed by atoms with van der Waals surface area (Å²) in [6.07, 6.45) is 2.07. The first-order valence-electron chi connectivity index (χ1n) is 8.08. The van der Waals surface area contributed by atoms with Crippen LogP contribution in [-0.4, -0.2) is 59.7 Å². The minimum absolute atomic E-state index is 0.0933. The highest BCUT2D eigenvalue weighted by Crippen LogP contribution is 2.26. The molecule has 142 valence electrons. The number of piperidine rings is 1. The lowest BCUT2D eigenvalue weighted by Crippen LogP contribution is -2.53. The number of ether oxygens (including phenoxy) is 1. The molecule has 7 nitrogen and oxygen atoms in total. The standard InChI is InChI=1S/C16H26N2O5S2/c1-14-5-4-6-15(11-14)12-25(21,22)17-13-16(23-2)7-9-18(10-8-16)24(3,19)20/h4-6,11,17H,7-10,12-13H2,1-3H3. The van der Waals surface area contributed by atoms with Crippen LogP contribution in [0.2, 0.25) is 0 Å². The lowest BCUT2D eigenvalue weighted by Gasteiger charge is -2.39. The summed E-state index contributed by atoms with van der Waals surface area (Å²) in [4.78, 5) is 0. The molecule has 1 aromatic carbocycles. The Labute approximate surface area is 150 Å². The molecular weight excluding hydrogens is 364 g/mol. The SMILES string of the molecule is COC1(CNS(=O)(=O)Cc2cccc(C)c2)CCN(S(C)(=O)=O)CC1. The molecule has 1 fully saturated rings. The van der Waals surface area contributed by atoms with Crippen molar-refractivity contribution in [3.05, 3.63) is 35.4 Å². The zero-order valence-corrected chi connectivity index (χ0v) is 16.5. The largest absolute Gasteiger partial charge is 0.377 e. The second kappa shape index (κ2) is 7.71. The highest BCUT2D eigenvalue weighted by Gasteiger charge is 2.37. The van der Waals surface area contributed by atoms with E-state index in [0.717, 1.165) is 11.1 Å². The Morgan fingerprint density at radius 2 is 1.84 bits per heavy atom. The molecule has 1 aliphatic rings. The van der Waals surface area contributed by atoms with Crippen LogP contribution in [0.1, 0.15) is 24.0 Å². The van der Waals surface area contributed by atoms with Gasteiger partial charge in [-0.25, -0.2) is 25.9 Å². The zero-order valence-electron chi connectivity index (χ0n) is 14.9. The van der Waals surface area contributed by atoms with Gasteiger partial charge in [0.25, 0.3) is 0 Å². The highest BCUT2D eigenvalue weighted by molar-refractivity contribution is 7.88. The number of hydrogen-bond acceptors (Lipinski definition) is 5. The Balaban J connectivity index is 1.98. The van der Waals surface area contributed by atoms with Crippen LogP contribution in [0.3, 0.4) is 0 Å². The number of sulfonamides is 2. The molecule has 2 rings (SSSR count). The maximum atomic E-state index is 12.4. The van der Waals surface area contributed by atoms with E-state index < -0.39 is 25.6 Å². The van der Waals surface area contributed by atoms with Gasteiger partial charge in [-0.1, -0.05) is 29.8 Å². The van der Waals surface area contributed by atoms with Gasteiger partial charge in [-0.05, 0) is 25.3 Å². The molecular formula is C16H26N2O5S2. The molecule has 25 heavy (non-hydrogen) atoms. The first kappa shape index (κ1) is 20.3. The van der Waals surface area contributed by atoms with Crippen molar-refractivity contribution in [2.45, 2.75) is 31.1 Å². The number of methoxy groups -OCH3 is 1. The van der Waals surface area contributed by atoms with Gasteiger partial charge in [0.2, 0.25) is 20.0 Å². The lowest BCUT2D eigenvalue weighted by molar-refractivity contribution is -0.0401. The van der Waals surface area contributed by atoms with Crippen LogP contribution < -0.4 is 4.72 Å². The number of rotatable bonds is 7. The van der Waals surface area contributed by atoms with Crippen LogP contribution in [0.25, 0.3) is 0 Å². The van der Waals surface area contributed by atoms with Crippen LogP contribution in [0.4, 0.5) is 0 Å². The minimum atomic E-state index is -3.50. The fraction of sp³-hybridized carbons (Fsp3) is 0.625. The van der Waals surface area contributed by atoms with Gasteiger partial charge in [-0.2, -0.15) is 0 Å². The maximum Gasteiger partial charge on any atom is 0.215 e. The fourth-order valence-electron chi connectivity index (χ4n) is 2.99. The van der Waals surface area contributed by atoms with E-state index in [9.17, 15) is 16.8 Å². The Hall–Kier alpha value is -1.00. The molecule has 0 radical (unpaired) electrons. The Kier molecular flexibility index (Phi) is 6.26. The smallest absolute Gasteiger partial charge is 0.215 e. The average molecular weight is 391 g/mol. The van der Waals surface area contributed by atoms with E-state index >= 15 is 0 Å². The second-order valence-corrected chi connectivity index (χ2v) is 10.4. The van der Waals surface area contributed by atoms with Crippen molar-refractivity contribution in [1.82, 2.24) is 9.03 Å². The summed E-state index contributed by atoms with van der Waals surface area (Å²) < 4.78 is 57.5. The quantitative estimate of drug-likeness (QED) is 0.745. The van der Waals surface area contributed by atoms with E-state index in [2.05, 4.69) is 4.72 Å². The molecule has 1 heterocycles. The monoisotopic (exact) mass is 390 g/mol. The molecule has 1 aromatic rings. The van der Waals surface area contributed by atoms with Crippen molar-refractivity contribution in [3.8, 4) is 0 Å². The van der Waals surface area contributed by atoms with Crippen molar-refractivity contribution in [2.24, 2.45) is 0 Å². The topological polar surface area (TPSA) is 92.8 Å². The molecule has 9 heteroatoms. The summed E-state index contributed by atoms with van der Waals surface area (Å²) in [7, 11) is -5.20. The average Bonchev–Trinajstić information content (AvgIpc) is 2.52. The van der Waals surface area contributed by atoms with Gasteiger partial charge in [0.15, 0.2) is 0 Å². The Morgan fingerprint density at radius 3 is 2.36 bits per heavy atom. The van der Waals surface area contributed by atoms with E-state index in [0.29, 0.717) is 25.9 Å². The predicted octanol–water partition coefficient (Wildman–Crippen LogP) is 0.855. The van der Waals surface area contributed by atoms with Crippen LogP contribution in [0, 0.1) is 6.92 Å². The maximum absolute atomic E-state index is 12.4. The van der Waals surface area contributed by atoms with Gasteiger partial charge in [-0.3, -0.25) is 0 Å². The van der Waals surface area contributed by atoms with Gasteiger partial charge in [0.05, 0.1) is 17.6 Å². The van der Waals surface area contributed by atoms with Crippen molar-refractivity contribution in [1.29, 1.82) is 0 Å². The van der Waals surface area contributed by atoms with E-state index in [4.69, 9.17) is 4.74 Å².